The molecule has 1 rings (SSSR count). The number of hydrogen-bond donors (Lipinski definition) is 0. The van der Waals surface area contributed by atoms with Crippen molar-refractivity contribution in [2.75, 3.05) is 13.2 Å². The topological polar surface area (TPSA) is 58.0 Å². The zero-order chi connectivity index (χ0) is 43.3. The van der Waals surface area contributed by atoms with Gasteiger partial charge in [-0.3, -0.25) is 0 Å². The number of rotatable bonds is 37. The van der Waals surface area contributed by atoms with Crippen LogP contribution < -0.4 is 9.47 Å². The van der Waals surface area contributed by atoms with Crippen molar-refractivity contribution in [3.05, 3.63) is 23.8 Å². The van der Waals surface area contributed by atoms with Crippen LogP contribution in [0.2, 0.25) is 0 Å². The molecule has 1 aromatic rings. The molecule has 0 saturated heterocycles. The van der Waals surface area contributed by atoms with Gasteiger partial charge in [-0.25, -0.2) is 9.34 Å². The molecule has 0 bridgehead atoms. The van der Waals surface area contributed by atoms with Crippen molar-refractivity contribution in [3.63, 3.8) is 0 Å². The first-order valence-electron chi connectivity index (χ1n) is 24.5. The van der Waals surface area contributed by atoms with Crippen LogP contribution in [-0.2, 0) is 10.9 Å². The molecular weight excluding hydrogens is 734 g/mol. The Morgan fingerprint density at radius 3 is 1.31 bits per heavy atom. The molecule has 0 radical (unpaired) electrons. The summed E-state index contributed by atoms with van der Waals surface area (Å²) in [7, 11) is -1.09. The number of hydrogen-bond acceptors (Lipinski definition) is 6. The maximum Gasteiger partial charge on any atom is 0.189 e. The van der Waals surface area contributed by atoms with Gasteiger partial charge in [-0.1, -0.05) is 150 Å². The predicted molar refractivity (Wildman–Crippen MR) is 254 cm³/mol. The molecule has 6 nitrogen and oxygen atoms in total. The standard InChI is InChI=1S/C51H96N3O3P/c1-14-31-49(57-58(53(43(6)7)44(8)9)54(45(10)11)46(12)13)48(40-52)38-47-34-35-50(55-36-29-25-21-17-15-19-23-27-32-41(2)3)51(39-47)56-37-30-26-22-18-16-20-24-28-33-42(4)5/h34-35,39,41-46,48-49H,14-33,36-38H2,1-13H3. The minimum absolute atomic E-state index is 0.170. The molecule has 0 aliphatic heterocycles. The van der Waals surface area contributed by atoms with Gasteiger partial charge in [-0.2, -0.15) is 5.26 Å². The number of unbranched alkanes of at least 4 members (excludes halogenated alkanes) is 14. The van der Waals surface area contributed by atoms with Crippen molar-refractivity contribution >= 4 is 8.45 Å². The van der Waals surface area contributed by atoms with E-state index in [2.05, 4.69) is 124 Å². The van der Waals surface area contributed by atoms with Gasteiger partial charge in [-0.15, -0.1) is 0 Å². The van der Waals surface area contributed by atoms with E-state index in [1.165, 1.54) is 103 Å². The van der Waals surface area contributed by atoms with Gasteiger partial charge in [0.1, 0.15) is 0 Å². The summed E-state index contributed by atoms with van der Waals surface area (Å²) in [6.07, 6.45) is 25.7. The Balaban J connectivity index is 3.05. The Morgan fingerprint density at radius 1 is 0.534 bits per heavy atom. The summed E-state index contributed by atoms with van der Waals surface area (Å²) in [5, 5.41) is 10.7. The molecule has 338 valence electrons. The van der Waals surface area contributed by atoms with E-state index < -0.39 is 8.45 Å². The second kappa shape index (κ2) is 33.3. The maximum atomic E-state index is 10.7. The molecule has 0 spiro atoms. The molecule has 1 aromatic carbocycles. The monoisotopic (exact) mass is 830 g/mol. The van der Waals surface area contributed by atoms with Gasteiger partial charge >= 0.3 is 0 Å². The Bertz CT molecular complexity index is 1130. The van der Waals surface area contributed by atoms with E-state index in [9.17, 15) is 5.26 Å². The van der Waals surface area contributed by atoms with E-state index in [-0.39, 0.29) is 12.0 Å². The smallest absolute Gasteiger partial charge is 0.189 e. The van der Waals surface area contributed by atoms with Crippen LogP contribution in [0.25, 0.3) is 0 Å². The molecule has 0 aliphatic carbocycles. The van der Waals surface area contributed by atoms with Crippen LogP contribution in [-0.4, -0.2) is 52.8 Å². The van der Waals surface area contributed by atoms with E-state index in [0.717, 1.165) is 54.6 Å². The van der Waals surface area contributed by atoms with Crippen LogP contribution in [0.4, 0.5) is 0 Å². The summed E-state index contributed by atoms with van der Waals surface area (Å²) in [6.45, 7) is 31.1. The van der Waals surface area contributed by atoms with Crippen molar-refractivity contribution in [3.8, 4) is 17.6 Å². The highest BCUT2D eigenvalue weighted by Crippen LogP contribution is 2.53. The van der Waals surface area contributed by atoms with Crippen molar-refractivity contribution in [1.29, 1.82) is 5.26 Å². The second-order valence-corrected chi connectivity index (χ2v) is 20.9. The first-order chi connectivity index (χ1) is 27.7. The molecule has 7 heteroatoms. The van der Waals surface area contributed by atoms with Crippen LogP contribution in [0.3, 0.4) is 0 Å². The fourth-order valence-corrected chi connectivity index (χ4v) is 10.7. The SMILES string of the molecule is CCCC(OP(N(C(C)C)C(C)C)N(C(C)C)C(C)C)C(C#N)Cc1ccc(OCCCCCCCCCCC(C)C)c(OCCCCCCCCCCC(C)C)c1. The predicted octanol–water partition coefficient (Wildman–Crippen LogP) is 16.1. The molecule has 0 aromatic heterocycles. The number of benzene rings is 1. The lowest BCUT2D eigenvalue weighted by Gasteiger charge is -2.47. The zero-order valence-electron chi connectivity index (χ0n) is 40.6. The van der Waals surface area contributed by atoms with Gasteiger partial charge in [0.25, 0.3) is 0 Å². The molecule has 0 amide bonds. The Hall–Kier alpha value is -1.38. The Kier molecular flexibility index (Phi) is 31.3. The Morgan fingerprint density at radius 2 is 0.931 bits per heavy atom. The molecular formula is C51H96N3O3P. The van der Waals surface area contributed by atoms with Gasteiger partial charge in [0.15, 0.2) is 19.9 Å². The summed E-state index contributed by atoms with van der Waals surface area (Å²) < 4.78 is 25.3. The maximum absolute atomic E-state index is 10.7. The zero-order valence-corrected chi connectivity index (χ0v) is 41.5. The molecule has 58 heavy (non-hydrogen) atoms. The molecule has 2 unspecified atom stereocenters. The highest BCUT2D eigenvalue weighted by Gasteiger charge is 2.38. The normalized spacial score (nSPS) is 13.4. The first-order valence-corrected chi connectivity index (χ1v) is 25.7. The minimum Gasteiger partial charge on any atom is -0.490 e. The summed E-state index contributed by atoms with van der Waals surface area (Å²) in [4.78, 5) is 0. The van der Waals surface area contributed by atoms with E-state index >= 15 is 0 Å². The number of nitrogens with zero attached hydrogens (tertiary/aromatic N) is 3. The first kappa shape index (κ1) is 54.6. The fraction of sp³-hybridized carbons (Fsp3) is 0.863. The van der Waals surface area contributed by atoms with E-state index in [0.29, 0.717) is 43.8 Å². The summed E-state index contributed by atoms with van der Waals surface area (Å²) >= 11 is 0. The van der Waals surface area contributed by atoms with Crippen LogP contribution in [0.1, 0.15) is 224 Å². The second-order valence-electron chi connectivity index (χ2n) is 19.3. The largest absolute Gasteiger partial charge is 0.490 e. The third-order valence-electron chi connectivity index (χ3n) is 11.3. The van der Waals surface area contributed by atoms with Crippen molar-refractivity contribution in [1.82, 2.24) is 9.34 Å². The molecule has 2 atom stereocenters. The third kappa shape index (κ3) is 24.2. The molecule has 0 saturated carbocycles. The molecule has 0 fully saturated rings. The van der Waals surface area contributed by atoms with Gasteiger partial charge in [-0.05, 0) is 111 Å². The van der Waals surface area contributed by atoms with Crippen LogP contribution in [0, 0.1) is 29.1 Å². The van der Waals surface area contributed by atoms with Gasteiger partial charge in [0.2, 0.25) is 0 Å². The summed E-state index contributed by atoms with van der Waals surface area (Å²) in [6, 6.07) is 10.4. The van der Waals surface area contributed by atoms with Gasteiger partial charge in [0.05, 0.1) is 31.3 Å². The van der Waals surface area contributed by atoms with Crippen LogP contribution >= 0.6 is 8.45 Å². The summed E-state index contributed by atoms with van der Waals surface area (Å²) in [5.41, 5.74) is 1.11. The highest BCUT2D eigenvalue weighted by atomic mass is 31.2. The molecule has 0 N–H and O–H groups in total. The van der Waals surface area contributed by atoms with Crippen molar-refractivity contribution in [2.45, 2.75) is 255 Å². The Labute approximate surface area is 363 Å². The molecule has 0 aliphatic rings. The fourth-order valence-electron chi connectivity index (χ4n) is 8.16. The van der Waals surface area contributed by atoms with Crippen LogP contribution in [0.15, 0.2) is 18.2 Å². The van der Waals surface area contributed by atoms with E-state index in [1.807, 2.05) is 0 Å². The molecule has 0 heterocycles. The van der Waals surface area contributed by atoms with Gasteiger partial charge < -0.3 is 14.0 Å². The minimum atomic E-state index is -1.09. The number of ether oxygens (including phenoxy) is 2. The van der Waals surface area contributed by atoms with E-state index in [4.69, 9.17) is 14.0 Å². The lowest BCUT2D eigenvalue weighted by atomic mass is 9.92. The quantitative estimate of drug-likeness (QED) is 0.0492. The lowest BCUT2D eigenvalue weighted by Crippen LogP contribution is -2.44. The van der Waals surface area contributed by atoms with E-state index in [1.54, 1.807) is 0 Å². The summed E-state index contributed by atoms with van der Waals surface area (Å²) in [5.74, 6) is 3.04. The highest BCUT2D eigenvalue weighted by molar-refractivity contribution is 7.47. The van der Waals surface area contributed by atoms with Crippen molar-refractivity contribution < 1.29 is 14.0 Å². The average Bonchev–Trinajstić information content (AvgIpc) is 3.14. The lowest BCUT2D eigenvalue weighted by molar-refractivity contribution is 0.112. The number of nitriles is 1. The van der Waals surface area contributed by atoms with Gasteiger partial charge in [0, 0.05) is 24.2 Å². The van der Waals surface area contributed by atoms with Crippen LogP contribution in [0.5, 0.6) is 11.5 Å². The average molecular weight is 830 g/mol. The third-order valence-corrected chi connectivity index (χ3v) is 14.4. The van der Waals surface area contributed by atoms with Crippen molar-refractivity contribution in [2.24, 2.45) is 17.8 Å².